The first-order chi connectivity index (χ1) is 8.60. The summed E-state index contributed by atoms with van der Waals surface area (Å²) in [6, 6.07) is 4.42. The second-order valence-electron chi connectivity index (χ2n) is 4.88. The van der Waals surface area contributed by atoms with Gasteiger partial charge in [0.25, 0.3) is 0 Å². The molecule has 0 radical (unpaired) electrons. The lowest BCUT2D eigenvalue weighted by atomic mass is 10.1. The van der Waals surface area contributed by atoms with Crippen LogP contribution in [0.15, 0.2) is 18.2 Å². The minimum atomic E-state index is -0.391. The zero-order chi connectivity index (χ0) is 12.9. The number of likely N-dealkylation sites (tertiary alicyclic amines) is 1. The molecule has 18 heavy (non-hydrogen) atoms. The van der Waals surface area contributed by atoms with Crippen LogP contribution in [0.4, 0.5) is 4.39 Å². The molecule has 1 aromatic rings. The van der Waals surface area contributed by atoms with E-state index in [0.717, 1.165) is 0 Å². The van der Waals surface area contributed by atoms with Gasteiger partial charge in [0.2, 0.25) is 11.8 Å². The lowest BCUT2D eigenvalue weighted by Gasteiger charge is -2.16. The number of halogens is 1. The average molecular weight is 248 g/mol. The van der Waals surface area contributed by atoms with Crippen molar-refractivity contribution in [2.24, 2.45) is 17.6 Å². The monoisotopic (exact) mass is 248 g/mol. The lowest BCUT2D eigenvalue weighted by molar-refractivity contribution is -0.142. The van der Waals surface area contributed by atoms with E-state index in [4.69, 9.17) is 5.73 Å². The molecular weight excluding hydrogens is 235 g/mol. The molecule has 1 aliphatic heterocycles. The molecule has 2 unspecified atom stereocenters. The van der Waals surface area contributed by atoms with Gasteiger partial charge in [-0.05, 0) is 29.7 Å². The van der Waals surface area contributed by atoms with Crippen LogP contribution in [0.5, 0.6) is 0 Å². The molecular formula is C13H13FN2O2. The van der Waals surface area contributed by atoms with Gasteiger partial charge in [0.05, 0.1) is 18.4 Å². The van der Waals surface area contributed by atoms with Crippen molar-refractivity contribution in [3.8, 4) is 0 Å². The highest BCUT2D eigenvalue weighted by molar-refractivity contribution is 6.08. The molecule has 2 amide bonds. The van der Waals surface area contributed by atoms with Crippen LogP contribution in [-0.4, -0.2) is 16.7 Å². The molecule has 3 rings (SSSR count). The van der Waals surface area contributed by atoms with Gasteiger partial charge in [-0.2, -0.15) is 0 Å². The minimum Gasteiger partial charge on any atom is -0.326 e. The Morgan fingerprint density at radius 1 is 1.17 bits per heavy atom. The molecule has 0 spiro atoms. The Morgan fingerprint density at radius 3 is 2.39 bits per heavy atom. The summed E-state index contributed by atoms with van der Waals surface area (Å²) < 4.78 is 13.3. The van der Waals surface area contributed by atoms with Crippen molar-refractivity contribution in [1.82, 2.24) is 4.90 Å². The van der Waals surface area contributed by atoms with Crippen molar-refractivity contribution >= 4 is 11.8 Å². The highest BCUT2D eigenvalue weighted by Crippen LogP contribution is 2.47. The SMILES string of the molecule is NCc1cc(F)cc(CN2C(=O)C3CC3C2=O)c1. The lowest BCUT2D eigenvalue weighted by Crippen LogP contribution is -2.32. The number of hydrogen-bond donors (Lipinski definition) is 1. The third-order valence-electron chi connectivity index (χ3n) is 3.55. The van der Waals surface area contributed by atoms with Crippen molar-refractivity contribution in [3.63, 3.8) is 0 Å². The summed E-state index contributed by atoms with van der Waals surface area (Å²) >= 11 is 0. The van der Waals surface area contributed by atoms with E-state index >= 15 is 0 Å². The van der Waals surface area contributed by atoms with E-state index in [1.165, 1.54) is 17.0 Å². The van der Waals surface area contributed by atoms with E-state index in [-0.39, 0.29) is 36.7 Å². The fourth-order valence-electron chi connectivity index (χ4n) is 2.51. The standard InChI is InChI=1S/C13H13FN2O2/c14-9-2-7(5-15)1-8(3-9)6-16-12(17)10-4-11(10)13(16)18/h1-3,10-11H,4-6,15H2. The quantitative estimate of drug-likeness (QED) is 0.804. The van der Waals surface area contributed by atoms with E-state index in [1.54, 1.807) is 6.07 Å². The van der Waals surface area contributed by atoms with Gasteiger partial charge < -0.3 is 5.73 Å². The molecule has 0 aromatic heterocycles. The summed E-state index contributed by atoms with van der Waals surface area (Å²) in [6.45, 7) is 0.382. The molecule has 4 nitrogen and oxygen atoms in total. The van der Waals surface area contributed by atoms with Crippen molar-refractivity contribution in [2.75, 3.05) is 0 Å². The molecule has 1 aliphatic carbocycles. The Bertz CT molecular complexity index is 524. The molecule has 5 heteroatoms. The molecule has 94 valence electrons. The van der Waals surface area contributed by atoms with Crippen LogP contribution in [0, 0.1) is 17.7 Å². The third-order valence-corrected chi connectivity index (χ3v) is 3.55. The van der Waals surface area contributed by atoms with Gasteiger partial charge in [0.1, 0.15) is 5.82 Å². The minimum absolute atomic E-state index is 0.111. The summed E-state index contributed by atoms with van der Waals surface area (Å²) in [7, 11) is 0. The average Bonchev–Trinajstić information content (AvgIpc) is 3.09. The van der Waals surface area contributed by atoms with Crippen LogP contribution in [-0.2, 0) is 22.7 Å². The van der Waals surface area contributed by atoms with Crippen LogP contribution in [0.3, 0.4) is 0 Å². The maximum atomic E-state index is 13.3. The zero-order valence-electron chi connectivity index (χ0n) is 9.73. The number of benzene rings is 1. The number of imide groups is 1. The van der Waals surface area contributed by atoms with Crippen LogP contribution in [0.1, 0.15) is 17.5 Å². The summed E-state index contributed by atoms with van der Waals surface area (Å²) in [5, 5.41) is 0. The number of hydrogen-bond acceptors (Lipinski definition) is 3. The van der Waals surface area contributed by atoms with Crippen molar-refractivity contribution in [1.29, 1.82) is 0 Å². The van der Waals surface area contributed by atoms with Gasteiger partial charge in [-0.1, -0.05) is 6.07 Å². The zero-order valence-corrected chi connectivity index (χ0v) is 9.73. The van der Waals surface area contributed by atoms with Crippen LogP contribution < -0.4 is 5.73 Å². The van der Waals surface area contributed by atoms with Gasteiger partial charge in [-0.25, -0.2) is 4.39 Å². The number of fused-ring (bicyclic) bond motifs is 1. The van der Waals surface area contributed by atoms with E-state index < -0.39 is 5.82 Å². The number of piperidine rings is 1. The topological polar surface area (TPSA) is 63.4 Å². The highest BCUT2D eigenvalue weighted by atomic mass is 19.1. The molecule has 2 N–H and O–H groups in total. The van der Waals surface area contributed by atoms with Gasteiger partial charge in [-0.3, -0.25) is 14.5 Å². The highest BCUT2D eigenvalue weighted by Gasteiger charge is 2.58. The van der Waals surface area contributed by atoms with Crippen LogP contribution in [0.2, 0.25) is 0 Å². The number of nitrogens with zero attached hydrogens (tertiary/aromatic N) is 1. The van der Waals surface area contributed by atoms with Gasteiger partial charge in [0.15, 0.2) is 0 Å². The number of carbonyl (C=O) groups excluding carboxylic acids is 2. The Labute approximate surface area is 104 Å². The first-order valence-electron chi connectivity index (χ1n) is 5.94. The normalized spacial score (nSPS) is 25.6. The Kier molecular flexibility index (Phi) is 2.45. The Hall–Kier alpha value is -1.75. The van der Waals surface area contributed by atoms with E-state index in [9.17, 15) is 14.0 Å². The van der Waals surface area contributed by atoms with Crippen LogP contribution >= 0.6 is 0 Å². The number of amides is 2. The van der Waals surface area contributed by atoms with E-state index in [1.807, 2.05) is 0 Å². The van der Waals surface area contributed by atoms with E-state index in [2.05, 4.69) is 0 Å². The largest absolute Gasteiger partial charge is 0.326 e. The number of rotatable bonds is 3. The molecule has 2 aliphatic rings. The molecule has 1 saturated heterocycles. The van der Waals surface area contributed by atoms with Crippen molar-refractivity contribution < 1.29 is 14.0 Å². The van der Waals surface area contributed by atoms with E-state index in [0.29, 0.717) is 17.5 Å². The second kappa shape index (κ2) is 3.88. The predicted octanol–water partition coefficient (Wildman–Crippen LogP) is 0.789. The number of carbonyl (C=O) groups is 2. The fourth-order valence-corrected chi connectivity index (χ4v) is 2.51. The summed E-state index contributed by atoms with van der Waals surface area (Å²) in [6.07, 6.45) is 0.686. The molecule has 1 heterocycles. The van der Waals surface area contributed by atoms with Crippen molar-refractivity contribution in [2.45, 2.75) is 19.5 Å². The van der Waals surface area contributed by atoms with Crippen LogP contribution in [0.25, 0.3) is 0 Å². The van der Waals surface area contributed by atoms with Gasteiger partial charge >= 0.3 is 0 Å². The summed E-state index contributed by atoms with van der Waals surface area (Å²) in [5.74, 6) is -0.857. The molecule has 0 bridgehead atoms. The summed E-state index contributed by atoms with van der Waals surface area (Å²) in [4.78, 5) is 24.8. The molecule has 2 fully saturated rings. The smallest absolute Gasteiger partial charge is 0.233 e. The maximum Gasteiger partial charge on any atom is 0.233 e. The second-order valence-corrected chi connectivity index (χ2v) is 4.88. The first-order valence-corrected chi connectivity index (χ1v) is 5.94. The Balaban J connectivity index is 1.82. The van der Waals surface area contributed by atoms with Crippen molar-refractivity contribution in [3.05, 3.63) is 35.1 Å². The van der Waals surface area contributed by atoms with Gasteiger partial charge in [0, 0.05) is 6.54 Å². The summed E-state index contributed by atoms with van der Waals surface area (Å²) in [5.41, 5.74) is 6.74. The maximum absolute atomic E-state index is 13.3. The molecule has 1 saturated carbocycles. The molecule has 1 aromatic carbocycles. The number of nitrogens with two attached hydrogens (primary N) is 1. The van der Waals surface area contributed by atoms with Gasteiger partial charge in [-0.15, -0.1) is 0 Å². The molecule has 2 atom stereocenters. The third kappa shape index (κ3) is 1.71. The Morgan fingerprint density at radius 2 is 1.78 bits per heavy atom. The predicted molar refractivity (Wildman–Crippen MR) is 61.4 cm³/mol. The fraction of sp³-hybridized carbons (Fsp3) is 0.385. The first kappa shape index (κ1) is 11.3.